The fourth-order valence-corrected chi connectivity index (χ4v) is 2.91. The highest BCUT2D eigenvalue weighted by Gasteiger charge is 2.44. The van der Waals surface area contributed by atoms with Gasteiger partial charge in [0.05, 0.1) is 19.0 Å². The van der Waals surface area contributed by atoms with Crippen molar-refractivity contribution in [1.29, 1.82) is 0 Å². The number of amides is 2. The Morgan fingerprint density at radius 1 is 1.28 bits per heavy atom. The molecule has 3 rings (SSSR count). The number of fused-ring (bicyclic) bond motifs is 1. The molecule has 14 nitrogen and oxygen atoms in total. The second kappa shape index (κ2) is 8.22. The molecule has 158 valence electrons. The van der Waals surface area contributed by atoms with Crippen LogP contribution >= 0.6 is 0 Å². The van der Waals surface area contributed by atoms with E-state index in [4.69, 9.17) is 9.84 Å². The van der Waals surface area contributed by atoms with Gasteiger partial charge in [0.15, 0.2) is 29.3 Å². The quantitative estimate of drug-likeness (QED) is 0.261. The number of carboxylic acids is 1. The Morgan fingerprint density at radius 3 is 2.59 bits per heavy atom. The van der Waals surface area contributed by atoms with E-state index in [0.29, 0.717) is 0 Å². The van der Waals surface area contributed by atoms with E-state index in [9.17, 15) is 30.0 Å². The van der Waals surface area contributed by atoms with Crippen LogP contribution < -0.4 is 10.6 Å². The second-order valence-electron chi connectivity index (χ2n) is 6.43. The zero-order valence-corrected chi connectivity index (χ0v) is 15.1. The minimum absolute atomic E-state index is 0.0623. The number of carboxylic acid groups (broad SMARTS) is 1. The average Bonchev–Trinajstić information content (AvgIpc) is 3.21. The van der Waals surface area contributed by atoms with Crippen LogP contribution in [0.4, 0.5) is 10.6 Å². The first-order valence-corrected chi connectivity index (χ1v) is 8.53. The van der Waals surface area contributed by atoms with Crippen molar-refractivity contribution in [3.63, 3.8) is 0 Å². The van der Waals surface area contributed by atoms with Gasteiger partial charge in [-0.15, -0.1) is 0 Å². The molecule has 1 aliphatic heterocycles. The number of ether oxygens (including phenoxy) is 1. The van der Waals surface area contributed by atoms with Crippen molar-refractivity contribution in [1.82, 2.24) is 24.8 Å². The SMILES string of the molecule is CC(O)C(NC(=O)Nc1ncnc2c1ncn2C1OC(CO)C(O)C1O)C(=O)O. The molecule has 6 atom stereocenters. The Bertz CT molecular complexity index is 904. The van der Waals surface area contributed by atoms with Gasteiger partial charge in [0.2, 0.25) is 0 Å². The van der Waals surface area contributed by atoms with Gasteiger partial charge in [-0.3, -0.25) is 9.88 Å². The van der Waals surface area contributed by atoms with Gasteiger partial charge in [0, 0.05) is 0 Å². The van der Waals surface area contributed by atoms with Crippen LogP contribution in [0.5, 0.6) is 0 Å². The van der Waals surface area contributed by atoms with E-state index < -0.39 is 55.3 Å². The van der Waals surface area contributed by atoms with Gasteiger partial charge >= 0.3 is 12.0 Å². The van der Waals surface area contributed by atoms with Crippen LogP contribution in [0.25, 0.3) is 11.2 Å². The van der Waals surface area contributed by atoms with Crippen LogP contribution in [0.2, 0.25) is 0 Å². The Morgan fingerprint density at radius 2 is 2.00 bits per heavy atom. The molecular formula is C15H20N6O8. The number of imidazole rings is 1. The number of aliphatic carboxylic acids is 1. The molecule has 2 aromatic heterocycles. The first kappa shape index (κ1) is 20.8. The summed E-state index contributed by atoms with van der Waals surface area (Å²) in [5, 5.41) is 52.2. The second-order valence-corrected chi connectivity index (χ2v) is 6.43. The van der Waals surface area contributed by atoms with Gasteiger partial charge < -0.3 is 35.6 Å². The largest absolute Gasteiger partial charge is 0.480 e. The van der Waals surface area contributed by atoms with Crippen LogP contribution in [-0.4, -0.2) is 94.1 Å². The zero-order chi connectivity index (χ0) is 21.3. The van der Waals surface area contributed by atoms with Crippen molar-refractivity contribution in [2.45, 2.75) is 43.6 Å². The normalized spacial score (nSPS) is 26.2. The molecule has 6 unspecified atom stereocenters. The minimum Gasteiger partial charge on any atom is -0.480 e. The maximum Gasteiger partial charge on any atom is 0.328 e. The number of urea groups is 1. The fraction of sp³-hybridized carbons (Fsp3) is 0.533. The molecule has 29 heavy (non-hydrogen) atoms. The van der Waals surface area contributed by atoms with E-state index in [-0.39, 0.29) is 17.0 Å². The summed E-state index contributed by atoms with van der Waals surface area (Å²) in [5.74, 6) is -1.48. The molecule has 3 heterocycles. The summed E-state index contributed by atoms with van der Waals surface area (Å²) in [4.78, 5) is 35.2. The molecule has 1 saturated heterocycles. The summed E-state index contributed by atoms with van der Waals surface area (Å²) in [6.07, 6.45) is -3.75. The molecular weight excluding hydrogens is 392 g/mol. The lowest BCUT2D eigenvalue weighted by molar-refractivity contribution is -0.141. The van der Waals surface area contributed by atoms with Crippen LogP contribution in [0.1, 0.15) is 13.2 Å². The number of carbonyl (C=O) groups excluding carboxylic acids is 1. The third-order valence-electron chi connectivity index (χ3n) is 4.42. The van der Waals surface area contributed by atoms with Crippen molar-refractivity contribution >= 4 is 29.0 Å². The minimum atomic E-state index is -1.54. The van der Waals surface area contributed by atoms with Crippen molar-refractivity contribution in [2.24, 2.45) is 0 Å². The van der Waals surface area contributed by atoms with Gasteiger partial charge in [-0.05, 0) is 6.92 Å². The number of carbonyl (C=O) groups is 2. The average molecular weight is 412 g/mol. The molecule has 2 aromatic rings. The standard InChI is InChI=1S/C15H20N6O8/c1-5(23)7(14(26)27)19-15(28)20-11-8-12(17-3-16-11)21(4-18-8)13-10(25)9(24)6(2-22)29-13/h3-7,9-10,13,22-25H,2H2,1H3,(H,26,27)(H2,16,17,19,20,28). The monoisotopic (exact) mass is 412 g/mol. The lowest BCUT2D eigenvalue weighted by Gasteiger charge is -2.17. The van der Waals surface area contributed by atoms with Crippen molar-refractivity contribution in [2.75, 3.05) is 11.9 Å². The van der Waals surface area contributed by atoms with Gasteiger partial charge in [0.1, 0.15) is 24.6 Å². The van der Waals surface area contributed by atoms with Crippen LogP contribution in [0, 0.1) is 0 Å². The Labute approximate surface area is 162 Å². The van der Waals surface area contributed by atoms with Crippen LogP contribution in [-0.2, 0) is 9.53 Å². The highest BCUT2D eigenvalue weighted by atomic mass is 16.6. The summed E-state index contributed by atoms with van der Waals surface area (Å²) in [6, 6.07) is -2.48. The molecule has 7 N–H and O–H groups in total. The third kappa shape index (κ3) is 3.96. The van der Waals surface area contributed by atoms with Gasteiger partial charge in [-0.25, -0.2) is 24.5 Å². The number of aliphatic hydroxyl groups excluding tert-OH is 4. The van der Waals surface area contributed by atoms with E-state index in [0.717, 1.165) is 6.33 Å². The number of hydrogen-bond donors (Lipinski definition) is 7. The van der Waals surface area contributed by atoms with E-state index in [1.165, 1.54) is 17.8 Å². The molecule has 0 bridgehead atoms. The summed E-state index contributed by atoms with van der Waals surface area (Å²) in [6.45, 7) is 0.710. The molecule has 1 aliphatic rings. The predicted octanol–water partition coefficient (Wildman–Crippen LogP) is -2.61. The van der Waals surface area contributed by atoms with Crippen LogP contribution in [0.3, 0.4) is 0 Å². The lowest BCUT2D eigenvalue weighted by atomic mass is 10.1. The molecule has 0 saturated carbocycles. The zero-order valence-electron chi connectivity index (χ0n) is 15.1. The van der Waals surface area contributed by atoms with Crippen molar-refractivity contribution in [3.8, 4) is 0 Å². The van der Waals surface area contributed by atoms with Gasteiger partial charge in [0.25, 0.3) is 0 Å². The van der Waals surface area contributed by atoms with E-state index in [1.54, 1.807) is 0 Å². The number of aliphatic hydroxyl groups is 4. The molecule has 1 fully saturated rings. The molecule has 2 amide bonds. The number of hydrogen-bond acceptors (Lipinski definition) is 10. The number of nitrogens with one attached hydrogen (secondary N) is 2. The van der Waals surface area contributed by atoms with Gasteiger partial charge in [-0.2, -0.15) is 0 Å². The first-order chi connectivity index (χ1) is 13.7. The molecule has 0 radical (unpaired) electrons. The number of rotatable bonds is 6. The molecule has 14 heteroatoms. The van der Waals surface area contributed by atoms with Crippen LogP contribution in [0.15, 0.2) is 12.7 Å². The molecule has 0 aliphatic carbocycles. The maximum atomic E-state index is 12.1. The van der Waals surface area contributed by atoms with E-state index in [1.807, 2.05) is 0 Å². The highest BCUT2D eigenvalue weighted by molar-refractivity contribution is 5.97. The summed E-state index contributed by atoms with van der Waals surface area (Å²) < 4.78 is 6.74. The van der Waals surface area contributed by atoms with E-state index in [2.05, 4.69) is 25.6 Å². The number of aromatic nitrogens is 4. The first-order valence-electron chi connectivity index (χ1n) is 8.53. The third-order valence-corrected chi connectivity index (χ3v) is 4.42. The molecule has 0 spiro atoms. The van der Waals surface area contributed by atoms with Gasteiger partial charge in [-0.1, -0.05) is 0 Å². The topological polar surface area (TPSA) is 212 Å². The van der Waals surface area contributed by atoms with Crippen molar-refractivity contribution < 1.29 is 39.9 Å². The Balaban J connectivity index is 1.83. The van der Waals surface area contributed by atoms with Crippen molar-refractivity contribution in [3.05, 3.63) is 12.7 Å². The summed E-state index contributed by atoms with van der Waals surface area (Å²) in [5.41, 5.74) is 0.250. The van der Waals surface area contributed by atoms with E-state index >= 15 is 0 Å². The summed E-state index contributed by atoms with van der Waals surface area (Å²) >= 11 is 0. The predicted molar refractivity (Wildman–Crippen MR) is 93.6 cm³/mol. The molecule has 0 aromatic carbocycles. The smallest absolute Gasteiger partial charge is 0.328 e. The number of nitrogens with zero attached hydrogens (tertiary/aromatic N) is 4. The Hall–Kier alpha value is -2.91. The lowest BCUT2D eigenvalue weighted by Crippen LogP contribution is -2.49. The Kier molecular flexibility index (Phi) is 5.90. The summed E-state index contributed by atoms with van der Waals surface area (Å²) in [7, 11) is 0. The fourth-order valence-electron chi connectivity index (χ4n) is 2.91. The highest BCUT2D eigenvalue weighted by Crippen LogP contribution is 2.32. The maximum absolute atomic E-state index is 12.1. The number of anilines is 1.